The van der Waals surface area contributed by atoms with Crippen LogP contribution in [-0.2, 0) is 28.7 Å². The zero-order valence-electron chi connectivity index (χ0n) is 19.1. The van der Waals surface area contributed by atoms with Crippen LogP contribution in [-0.4, -0.2) is 79.1 Å². The standard InChI is InChI=1S/C20H34N4O7/c1-12(2)16(23-19(29)31-20(3,4)5)18(28)24-9-7-8-13(24)17(27)22-10-14(25)21-11-15(26)30-6/h12-13,16H,7-11H2,1-6H3,(H,21,25)(H,22,27)(H,23,29). The number of alkyl carbamates (subject to hydrolysis) is 1. The van der Waals surface area contributed by atoms with Gasteiger partial charge in [-0.05, 0) is 39.5 Å². The van der Waals surface area contributed by atoms with Gasteiger partial charge in [0.1, 0.15) is 24.2 Å². The number of rotatable bonds is 8. The fourth-order valence-electron chi connectivity index (χ4n) is 3.02. The van der Waals surface area contributed by atoms with E-state index in [0.717, 1.165) is 0 Å². The molecule has 1 aliphatic heterocycles. The lowest BCUT2D eigenvalue weighted by molar-refractivity contribution is -0.142. The average Bonchev–Trinajstić information content (AvgIpc) is 3.16. The van der Waals surface area contributed by atoms with Gasteiger partial charge in [-0.15, -0.1) is 0 Å². The fourth-order valence-corrected chi connectivity index (χ4v) is 3.02. The highest BCUT2D eigenvalue weighted by Gasteiger charge is 2.39. The predicted octanol–water partition coefficient (Wildman–Crippen LogP) is -0.0679. The number of carbonyl (C=O) groups excluding carboxylic acids is 5. The molecule has 0 radical (unpaired) electrons. The molecule has 2 atom stereocenters. The van der Waals surface area contributed by atoms with Gasteiger partial charge in [-0.1, -0.05) is 13.8 Å². The first kappa shape index (κ1) is 26.2. The van der Waals surface area contributed by atoms with Crippen LogP contribution in [0.4, 0.5) is 4.79 Å². The number of hydrogen-bond acceptors (Lipinski definition) is 7. The maximum atomic E-state index is 13.1. The Morgan fingerprint density at radius 1 is 1.06 bits per heavy atom. The molecule has 1 saturated heterocycles. The number of nitrogens with one attached hydrogen (secondary N) is 3. The van der Waals surface area contributed by atoms with E-state index < -0.39 is 41.6 Å². The lowest BCUT2D eigenvalue weighted by Gasteiger charge is -2.31. The summed E-state index contributed by atoms with van der Waals surface area (Å²) in [4.78, 5) is 62.0. The van der Waals surface area contributed by atoms with Crippen LogP contribution < -0.4 is 16.0 Å². The zero-order valence-corrected chi connectivity index (χ0v) is 19.1. The topological polar surface area (TPSA) is 143 Å². The molecule has 2 unspecified atom stereocenters. The second kappa shape index (κ2) is 11.5. The third-order valence-electron chi connectivity index (χ3n) is 4.52. The molecule has 0 aromatic rings. The summed E-state index contributed by atoms with van der Waals surface area (Å²) in [5.74, 6) is -2.24. The van der Waals surface area contributed by atoms with Gasteiger partial charge in [0, 0.05) is 6.54 Å². The average molecular weight is 443 g/mol. The van der Waals surface area contributed by atoms with E-state index in [2.05, 4.69) is 20.7 Å². The van der Waals surface area contributed by atoms with E-state index in [1.807, 2.05) is 0 Å². The molecule has 1 rings (SSSR count). The Morgan fingerprint density at radius 3 is 2.26 bits per heavy atom. The summed E-state index contributed by atoms with van der Waals surface area (Å²) >= 11 is 0. The van der Waals surface area contributed by atoms with Gasteiger partial charge in [0.05, 0.1) is 13.7 Å². The summed E-state index contributed by atoms with van der Waals surface area (Å²) in [5.41, 5.74) is -0.709. The number of amides is 4. The molecule has 1 aliphatic rings. The lowest BCUT2D eigenvalue weighted by atomic mass is 10.0. The second-order valence-corrected chi connectivity index (χ2v) is 8.63. The van der Waals surface area contributed by atoms with E-state index in [9.17, 15) is 24.0 Å². The van der Waals surface area contributed by atoms with Crippen molar-refractivity contribution < 1.29 is 33.4 Å². The minimum Gasteiger partial charge on any atom is -0.468 e. The van der Waals surface area contributed by atoms with E-state index in [1.54, 1.807) is 34.6 Å². The number of esters is 1. The van der Waals surface area contributed by atoms with Crippen LogP contribution in [0, 0.1) is 5.92 Å². The molecular formula is C20H34N4O7. The zero-order chi connectivity index (χ0) is 23.8. The van der Waals surface area contributed by atoms with Crippen molar-refractivity contribution in [3.63, 3.8) is 0 Å². The van der Waals surface area contributed by atoms with Gasteiger partial charge >= 0.3 is 12.1 Å². The van der Waals surface area contributed by atoms with Gasteiger partial charge in [0.25, 0.3) is 0 Å². The number of likely N-dealkylation sites (tertiary alicyclic amines) is 1. The quantitative estimate of drug-likeness (QED) is 0.447. The van der Waals surface area contributed by atoms with Crippen molar-refractivity contribution >= 4 is 29.8 Å². The van der Waals surface area contributed by atoms with Crippen LogP contribution in [0.5, 0.6) is 0 Å². The van der Waals surface area contributed by atoms with E-state index in [1.165, 1.54) is 12.0 Å². The monoisotopic (exact) mass is 442 g/mol. The maximum absolute atomic E-state index is 13.1. The Labute approximate surface area is 182 Å². The lowest BCUT2D eigenvalue weighted by Crippen LogP contribution is -2.56. The highest BCUT2D eigenvalue weighted by molar-refractivity contribution is 5.93. The Hall–Kier alpha value is -2.85. The van der Waals surface area contributed by atoms with Gasteiger partial charge in [-0.25, -0.2) is 4.79 Å². The molecule has 0 saturated carbocycles. The van der Waals surface area contributed by atoms with E-state index in [4.69, 9.17) is 4.74 Å². The Morgan fingerprint density at radius 2 is 1.71 bits per heavy atom. The van der Waals surface area contributed by atoms with Gasteiger partial charge in [0.15, 0.2) is 0 Å². The predicted molar refractivity (Wildman–Crippen MR) is 111 cm³/mol. The highest BCUT2D eigenvalue weighted by Crippen LogP contribution is 2.20. The second-order valence-electron chi connectivity index (χ2n) is 8.63. The largest absolute Gasteiger partial charge is 0.468 e. The van der Waals surface area contributed by atoms with Crippen molar-refractivity contribution in [1.29, 1.82) is 0 Å². The third kappa shape index (κ3) is 8.81. The number of carbonyl (C=O) groups is 5. The van der Waals surface area contributed by atoms with Crippen LogP contribution in [0.3, 0.4) is 0 Å². The molecule has 0 aromatic carbocycles. The minimum absolute atomic E-state index is 0.228. The number of ether oxygens (including phenoxy) is 2. The molecule has 0 bridgehead atoms. The Bertz CT molecular complexity index is 688. The summed E-state index contributed by atoms with van der Waals surface area (Å²) in [7, 11) is 1.20. The summed E-state index contributed by atoms with van der Waals surface area (Å²) in [6, 6.07) is -1.60. The third-order valence-corrected chi connectivity index (χ3v) is 4.52. The number of methoxy groups -OCH3 is 1. The Balaban J connectivity index is 2.71. The first-order chi connectivity index (χ1) is 14.4. The van der Waals surface area contributed by atoms with Gasteiger partial charge in [-0.2, -0.15) is 0 Å². The normalized spacial score (nSPS) is 17.0. The SMILES string of the molecule is COC(=O)CNC(=O)CNC(=O)C1CCCN1C(=O)C(NC(=O)OC(C)(C)C)C(C)C. The molecule has 176 valence electrons. The van der Waals surface area contributed by atoms with E-state index in [0.29, 0.717) is 19.4 Å². The summed E-state index contributed by atoms with van der Waals surface area (Å²) in [6.07, 6.45) is 0.357. The summed E-state index contributed by atoms with van der Waals surface area (Å²) in [6.45, 7) is 8.48. The van der Waals surface area contributed by atoms with Crippen LogP contribution in [0.1, 0.15) is 47.5 Å². The van der Waals surface area contributed by atoms with Crippen molar-refractivity contribution in [2.24, 2.45) is 5.92 Å². The molecular weight excluding hydrogens is 408 g/mol. The highest BCUT2D eigenvalue weighted by atomic mass is 16.6. The molecule has 1 fully saturated rings. The van der Waals surface area contributed by atoms with Crippen LogP contribution in [0.25, 0.3) is 0 Å². The molecule has 11 heteroatoms. The van der Waals surface area contributed by atoms with Gasteiger partial charge in [-0.3, -0.25) is 19.2 Å². The van der Waals surface area contributed by atoms with E-state index in [-0.39, 0.29) is 24.9 Å². The van der Waals surface area contributed by atoms with Crippen molar-refractivity contribution in [2.75, 3.05) is 26.7 Å². The van der Waals surface area contributed by atoms with Crippen LogP contribution >= 0.6 is 0 Å². The molecule has 31 heavy (non-hydrogen) atoms. The maximum Gasteiger partial charge on any atom is 0.408 e. The van der Waals surface area contributed by atoms with Crippen molar-refractivity contribution in [2.45, 2.75) is 65.1 Å². The Kier molecular flexibility index (Phi) is 9.73. The molecule has 0 aliphatic carbocycles. The molecule has 11 nitrogen and oxygen atoms in total. The van der Waals surface area contributed by atoms with Crippen molar-refractivity contribution in [1.82, 2.24) is 20.9 Å². The first-order valence-corrected chi connectivity index (χ1v) is 10.3. The minimum atomic E-state index is -0.855. The molecule has 4 amide bonds. The van der Waals surface area contributed by atoms with E-state index >= 15 is 0 Å². The molecule has 1 heterocycles. The van der Waals surface area contributed by atoms with Crippen molar-refractivity contribution in [3.05, 3.63) is 0 Å². The summed E-state index contributed by atoms with van der Waals surface area (Å²) in [5, 5.41) is 7.40. The van der Waals surface area contributed by atoms with Gasteiger partial charge in [0.2, 0.25) is 17.7 Å². The van der Waals surface area contributed by atoms with Crippen molar-refractivity contribution in [3.8, 4) is 0 Å². The van der Waals surface area contributed by atoms with Crippen LogP contribution in [0.15, 0.2) is 0 Å². The molecule has 0 aromatic heterocycles. The van der Waals surface area contributed by atoms with Gasteiger partial charge < -0.3 is 30.3 Å². The smallest absolute Gasteiger partial charge is 0.408 e. The first-order valence-electron chi connectivity index (χ1n) is 10.3. The molecule has 3 N–H and O–H groups in total. The number of hydrogen-bond donors (Lipinski definition) is 3. The number of nitrogens with zero attached hydrogens (tertiary/aromatic N) is 1. The summed E-state index contributed by atoms with van der Waals surface area (Å²) < 4.78 is 9.66. The molecule has 0 spiro atoms. The van der Waals surface area contributed by atoms with Crippen LogP contribution in [0.2, 0.25) is 0 Å². The fraction of sp³-hybridized carbons (Fsp3) is 0.750.